The summed E-state index contributed by atoms with van der Waals surface area (Å²) in [6, 6.07) is 11.8. The molecule has 1 aromatic carbocycles. The lowest BCUT2D eigenvalue weighted by Crippen LogP contribution is -2.24. The molecule has 7 rings (SSSR count). The fourth-order valence-corrected chi connectivity index (χ4v) is 5.27. The maximum absolute atomic E-state index is 14.1. The van der Waals surface area contributed by atoms with Crippen molar-refractivity contribution in [3.8, 4) is 22.9 Å². The molecule has 4 heterocycles. The normalized spacial score (nSPS) is 15.6. The minimum Gasteiger partial charge on any atom is -0.328 e. The monoisotopic (exact) mass is 495 g/mol. The first kappa shape index (κ1) is 21.3. The number of halogens is 1. The Labute approximate surface area is 211 Å². The van der Waals surface area contributed by atoms with E-state index in [1.54, 1.807) is 10.9 Å². The van der Waals surface area contributed by atoms with E-state index in [1.807, 2.05) is 48.1 Å². The summed E-state index contributed by atoms with van der Waals surface area (Å²) in [4.78, 5) is 18.8. The maximum Gasteiger partial charge on any atom is 0.281 e. The number of aryl methyl sites for hydroxylation is 1. The number of nitrogens with zero attached hydrogens (tertiary/aromatic N) is 7. The molecule has 0 unspecified atom stereocenters. The molecule has 0 N–H and O–H groups in total. The number of benzene rings is 1. The average molecular weight is 496 g/mol. The third kappa shape index (κ3) is 3.34. The SMILES string of the molecule is Cn1cc2cc(-n3nc4c(C#N)c(Cl)n(CC5CC5)c4c(-c4ccc(C5CC5)nc4)c3=O)ccc2n1. The van der Waals surface area contributed by atoms with Gasteiger partial charge in [0.25, 0.3) is 5.56 Å². The lowest BCUT2D eigenvalue weighted by atomic mass is 10.1. The van der Waals surface area contributed by atoms with E-state index in [1.165, 1.54) is 4.68 Å². The van der Waals surface area contributed by atoms with Crippen LogP contribution in [0.4, 0.5) is 0 Å². The Morgan fingerprint density at radius 3 is 2.67 bits per heavy atom. The quantitative estimate of drug-likeness (QED) is 0.344. The van der Waals surface area contributed by atoms with Crippen molar-refractivity contribution >= 4 is 33.5 Å². The van der Waals surface area contributed by atoms with Crippen LogP contribution < -0.4 is 5.56 Å². The summed E-state index contributed by atoms with van der Waals surface area (Å²) < 4.78 is 5.01. The topological polar surface area (TPSA) is 94.3 Å². The van der Waals surface area contributed by atoms with Gasteiger partial charge in [-0.1, -0.05) is 17.7 Å². The van der Waals surface area contributed by atoms with Crippen LogP contribution in [-0.2, 0) is 13.6 Å². The van der Waals surface area contributed by atoms with Crippen molar-refractivity contribution in [3.63, 3.8) is 0 Å². The molecular formula is C27H22ClN7O. The standard InChI is InChI=1S/C27H22ClN7O/c1-33-14-18-10-19(7-9-22(18)31-33)35-27(36)23(17-6-8-21(30-12-17)16-4-5-16)25-24(32-35)20(11-29)26(28)34(25)13-15-2-3-15/h6-10,12,14-16H,2-5,13H2,1H3. The fraction of sp³-hybridized carbons (Fsp3) is 0.296. The number of hydrogen-bond donors (Lipinski definition) is 0. The summed E-state index contributed by atoms with van der Waals surface area (Å²) in [7, 11) is 1.86. The summed E-state index contributed by atoms with van der Waals surface area (Å²) in [6.45, 7) is 0.657. The molecule has 36 heavy (non-hydrogen) atoms. The van der Waals surface area contributed by atoms with Crippen molar-refractivity contribution in [1.29, 1.82) is 5.26 Å². The summed E-state index contributed by atoms with van der Waals surface area (Å²) in [6.07, 6.45) is 8.20. The summed E-state index contributed by atoms with van der Waals surface area (Å²) in [5, 5.41) is 20.4. The number of nitriles is 1. The Morgan fingerprint density at radius 2 is 1.97 bits per heavy atom. The van der Waals surface area contributed by atoms with Gasteiger partial charge in [0.1, 0.15) is 22.3 Å². The van der Waals surface area contributed by atoms with Crippen molar-refractivity contribution in [1.82, 2.24) is 29.1 Å². The molecule has 2 fully saturated rings. The molecule has 2 aliphatic rings. The van der Waals surface area contributed by atoms with Gasteiger partial charge in [-0.25, -0.2) is 0 Å². The van der Waals surface area contributed by atoms with Gasteiger partial charge < -0.3 is 4.57 Å². The molecule has 0 radical (unpaired) electrons. The van der Waals surface area contributed by atoms with Gasteiger partial charge in [-0.15, -0.1) is 0 Å². The third-order valence-electron chi connectivity index (χ3n) is 7.18. The van der Waals surface area contributed by atoms with Crippen molar-refractivity contribution in [2.75, 3.05) is 0 Å². The lowest BCUT2D eigenvalue weighted by Gasteiger charge is -2.13. The van der Waals surface area contributed by atoms with Crippen LogP contribution in [0.1, 0.15) is 42.9 Å². The zero-order valence-electron chi connectivity index (χ0n) is 19.6. The third-order valence-corrected chi connectivity index (χ3v) is 7.58. The molecule has 0 amide bonds. The Morgan fingerprint density at radius 1 is 1.14 bits per heavy atom. The van der Waals surface area contributed by atoms with E-state index in [-0.39, 0.29) is 11.1 Å². The van der Waals surface area contributed by atoms with E-state index >= 15 is 0 Å². The molecule has 0 spiro atoms. The predicted molar refractivity (Wildman–Crippen MR) is 137 cm³/mol. The highest BCUT2D eigenvalue weighted by atomic mass is 35.5. The van der Waals surface area contributed by atoms with Gasteiger partial charge in [0.2, 0.25) is 0 Å². The van der Waals surface area contributed by atoms with E-state index in [0.29, 0.717) is 51.4 Å². The molecule has 5 aromatic rings. The van der Waals surface area contributed by atoms with E-state index in [4.69, 9.17) is 16.7 Å². The molecule has 0 bridgehead atoms. The predicted octanol–water partition coefficient (Wildman–Crippen LogP) is 4.95. The second kappa shape index (κ2) is 7.77. The summed E-state index contributed by atoms with van der Waals surface area (Å²) in [5.41, 5.74) is 4.68. The fourth-order valence-electron chi connectivity index (χ4n) is 4.99. The first-order valence-corrected chi connectivity index (χ1v) is 12.5. The van der Waals surface area contributed by atoms with Gasteiger partial charge >= 0.3 is 0 Å². The van der Waals surface area contributed by atoms with E-state index in [2.05, 4.69) is 16.2 Å². The molecule has 4 aromatic heterocycles. The zero-order chi connectivity index (χ0) is 24.6. The Bertz CT molecular complexity index is 1780. The number of hydrogen-bond acceptors (Lipinski definition) is 5. The molecule has 0 saturated heterocycles. The van der Waals surface area contributed by atoms with Crippen molar-refractivity contribution in [2.24, 2.45) is 13.0 Å². The summed E-state index contributed by atoms with van der Waals surface area (Å²) >= 11 is 6.75. The van der Waals surface area contributed by atoms with Gasteiger partial charge in [-0.05, 0) is 55.9 Å². The Kier molecular flexibility index (Phi) is 4.60. The average Bonchev–Trinajstić information content (AvgIpc) is 3.80. The van der Waals surface area contributed by atoms with Gasteiger partial charge in [0.05, 0.1) is 22.3 Å². The maximum atomic E-state index is 14.1. The van der Waals surface area contributed by atoms with Crippen LogP contribution in [0.2, 0.25) is 5.15 Å². The van der Waals surface area contributed by atoms with Crippen LogP contribution in [0.5, 0.6) is 0 Å². The zero-order valence-corrected chi connectivity index (χ0v) is 20.4. The minimum absolute atomic E-state index is 0.276. The first-order valence-electron chi connectivity index (χ1n) is 12.2. The van der Waals surface area contributed by atoms with Gasteiger partial charge in [0, 0.05) is 48.5 Å². The van der Waals surface area contributed by atoms with Crippen LogP contribution in [0.3, 0.4) is 0 Å². The first-order chi connectivity index (χ1) is 17.5. The van der Waals surface area contributed by atoms with Crippen molar-refractivity contribution in [2.45, 2.75) is 38.1 Å². The minimum atomic E-state index is -0.276. The smallest absolute Gasteiger partial charge is 0.281 e. The van der Waals surface area contributed by atoms with Crippen LogP contribution in [0.25, 0.3) is 38.8 Å². The number of fused-ring (bicyclic) bond motifs is 2. The van der Waals surface area contributed by atoms with Gasteiger partial charge in [-0.2, -0.15) is 20.1 Å². The number of pyridine rings is 1. The molecule has 9 heteroatoms. The Hall–Kier alpha value is -3.96. The largest absolute Gasteiger partial charge is 0.328 e. The lowest BCUT2D eigenvalue weighted by molar-refractivity contribution is 0.647. The molecule has 8 nitrogen and oxygen atoms in total. The van der Waals surface area contributed by atoms with Crippen LogP contribution >= 0.6 is 11.6 Å². The van der Waals surface area contributed by atoms with Crippen LogP contribution in [0, 0.1) is 17.2 Å². The van der Waals surface area contributed by atoms with E-state index in [0.717, 1.165) is 42.3 Å². The van der Waals surface area contributed by atoms with Crippen molar-refractivity contribution in [3.05, 3.63) is 69.5 Å². The van der Waals surface area contributed by atoms with Crippen molar-refractivity contribution < 1.29 is 0 Å². The summed E-state index contributed by atoms with van der Waals surface area (Å²) in [5.74, 6) is 1.00. The highest BCUT2D eigenvalue weighted by Crippen LogP contribution is 2.41. The second-order valence-corrected chi connectivity index (χ2v) is 10.3. The molecular weight excluding hydrogens is 474 g/mol. The van der Waals surface area contributed by atoms with E-state index in [9.17, 15) is 10.1 Å². The second-order valence-electron chi connectivity index (χ2n) is 9.91. The molecule has 178 valence electrons. The van der Waals surface area contributed by atoms with E-state index < -0.39 is 0 Å². The molecule has 0 atom stereocenters. The molecule has 0 aliphatic heterocycles. The van der Waals surface area contributed by atoms with Crippen LogP contribution in [-0.4, -0.2) is 29.1 Å². The molecule has 2 aliphatic carbocycles. The molecule has 2 saturated carbocycles. The van der Waals surface area contributed by atoms with Gasteiger partial charge in [-0.3, -0.25) is 14.5 Å². The van der Waals surface area contributed by atoms with Gasteiger partial charge in [0.15, 0.2) is 0 Å². The highest BCUT2D eigenvalue weighted by Gasteiger charge is 2.30. The highest BCUT2D eigenvalue weighted by molar-refractivity contribution is 6.32. The Balaban J connectivity index is 1.53. The number of rotatable bonds is 5. The van der Waals surface area contributed by atoms with Crippen LogP contribution in [0.15, 0.2) is 47.5 Å². The number of aromatic nitrogens is 6.